The van der Waals surface area contributed by atoms with E-state index in [4.69, 9.17) is 14.5 Å². The first-order valence-corrected chi connectivity index (χ1v) is 12.3. The van der Waals surface area contributed by atoms with Crippen molar-refractivity contribution >= 4 is 34.8 Å². The number of nitrogens with zero attached hydrogens (tertiary/aromatic N) is 6. The molecule has 1 atom stereocenters. The summed E-state index contributed by atoms with van der Waals surface area (Å²) in [5.74, 6) is -1.56. The van der Waals surface area contributed by atoms with Crippen molar-refractivity contribution in [3.8, 4) is 22.8 Å². The first-order valence-electron chi connectivity index (χ1n) is 12.3. The van der Waals surface area contributed by atoms with Crippen molar-refractivity contribution in [2.45, 2.75) is 18.4 Å². The molecular weight excluding hydrogens is 530 g/mol. The minimum Gasteiger partial charge on any atom is -0.497 e. The molecule has 3 heterocycles. The molecule has 1 N–H and O–H groups in total. The second-order valence-electron chi connectivity index (χ2n) is 9.51. The van der Waals surface area contributed by atoms with Gasteiger partial charge >= 0.3 is 0 Å². The number of rotatable bonds is 9. The Kier molecular flexibility index (Phi) is 8.53. The number of β-amino-alcohol motifs (C(OH)–C–C–N with tert-alkyl or cyclic N) is 1. The van der Waals surface area contributed by atoms with Gasteiger partial charge in [-0.2, -0.15) is 5.10 Å². The molecule has 1 aliphatic rings. The van der Waals surface area contributed by atoms with E-state index < -0.39 is 12.0 Å². The number of fused-ring (bicyclic) bond motifs is 1. The topological polar surface area (TPSA) is 88.8 Å². The summed E-state index contributed by atoms with van der Waals surface area (Å²) in [4.78, 5) is 12.9. The van der Waals surface area contributed by atoms with Gasteiger partial charge in [0.1, 0.15) is 11.5 Å². The molecule has 2 aromatic carbocycles. The molecule has 4 aromatic rings. The van der Waals surface area contributed by atoms with Crippen molar-refractivity contribution in [3.63, 3.8) is 0 Å². The number of halogens is 3. The van der Waals surface area contributed by atoms with E-state index >= 15 is 0 Å². The zero-order valence-corrected chi connectivity index (χ0v) is 22.7. The fraction of sp³-hybridized carbons (Fsp3) is 0.370. The van der Waals surface area contributed by atoms with Gasteiger partial charge in [-0.1, -0.05) is 0 Å². The Morgan fingerprint density at radius 2 is 1.79 bits per heavy atom. The van der Waals surface area contributed by atoms with Crippen LogP contribution in [0, 0.1) is 0 Å². The third-order valence-corrected chi connectivity index (χ3v) is 6.60. The summed E-state index contributed by atoms with van der Waals surface area (Å²) in [5, 5.41) is 15.2. The van der Waals surface area contributed by atoms with Gasteiger partial charge < -0.3 is 19.5 Å². The Balaban J connectivity index is 0.00000353. The highest BCUT2D eigenvalue weighted by Crippen LogP contribution is 2.35. The fourth-order valence-electron chi connectivity index (χ4n) is 4.70. The minimum atomic E-state index is -2.72. The van der Waals surface area contributed by atoms with Crippen LogP contribution in [-0.4, -0.2) is 82.2 Å². The lowest BCUT2D eigenvalue weighted by Gasteiger charge is -2.30. The average molecular weight is 561 g/mol. The smallest absolute Gasteiger partial charge is 0.261 e. The predicted octanol–water partition coefficient (Wildman–Crippen LogP) is 4.31. The number of aliphatic hydroxyl groups excluding tert-OH is 1. The highest BCUT2D eigenvalue weighted by molar-refractivity contribution is 5.85. The molecule has 1 aliphatic heterocycles. The molecule has 12 heteroatoms. The van der Waals surface area contributed by atoms with Crippen molar-refractivity contribution in [2.24, 2.45) is 7.05 Å². The number of hydrogen-bond donors (Lipinski definition) is 1. The Hall–Kier alpha value is -3.54. The summed E-state index contributed by atoms with van der Waals surface area (Å²) in [6.07, 6.45) is 4.21. The van der Waals surface area contributed by atoms with Crippen molar-refractivity contribution in [1.82, 2.24) is 24.6 Å². The van der Waals surface area contributed by atoms with Crippen LogP contribution in [-0.2, 0) is 7.05 Å². The van der Waals surface area contributed by atoms with Gasteiger partial charge in [0.05, 0.1) is 62.5 Å². The van der Waals surface area contributed by atoms with Crippen molar-refractivity contribution < 1.29 is 23.4 Å². The van der Waals surface area contributed by atoms with Gasteiger partial charge in [0.15, 0.2) is 0 Å². The van der Waals surface area contributed by atoms with Crippen molar-refractivity contribution in [3.05, 3.63) is 55.0 Å². The number of ether oxygens (including phenoxy) is 2. The molecule has 1 fully saturated rings. The Morgan fingerprint density at radius 1 is 1.05 bits per heavy atom. The van der Waals surface area contributed by atoms with Crippen LogP contribution >= 0.6 is 12.4 Å². The van der Waals surface area contributed by atoms with Crippen LogP contribution in [0.15, 0.2) is 55.0 Å². The molecule has 0 spiro atoms. The first kappa shape index (κ1) is 28.5. The van der Waals surface area contributed by atoms with Gasteiger partial charge in [-0.05, 0) is 18.2 Å². The summed E-state index contributed by atoms with van der Waals surface area (Å²) in [7, 11) is 4.97. The van der Waals surface area contributed by atoms with Crippen molar-refractivity contribution in [1.29, 1.82) is 0 Å². The molecule has 0 aliphatic carbocycles. The van der Waals surface area contributed by atoms with Crippen LogP contribution in [0.5, 0.6) is 11.5 Å². The SMILES string of the molecule is COc1cc(OC)cc(N(CC(O)CN2CCC(F)(F)C2)c2ccc3ncc(-c4cnn(C)c4)nc3c2)c1.Cl. The van der Waals surface area contributed by atoms with Crippen LogP contribution in [0.25, 0.3) is 22.3 Å². The predicted molar refractivity (Wildman–Crippen MR) is 148 cm³/mol. The van der Waals surface area contributed by atoms with Gasteiger partial charge in [0, 0.05) is 67.9 Å². The molecule has 9 nitrogen and oxygen atoms in total. The number of aromatic nitrogens is 4. The third kappa shape index (κ3) is 6.55. The standard InChI is InChI=1S/C27H30F2N6O3.ClH/c1-33-14-18(12-31-33)26-13-30-24-5-4-19(10-25(24)32-26)35(20-8-22(37-2)11-23(9-20)38-3)16-21(36)15-34-7-6-27(28,29)17-34;/h4-5,8-14,21,36H,6-7,15-17H2,1-3H3;1H. The number of hydrogen-bond acceptors (Lipinski definition) is 8. The van der Waals surface area contributed by atoms with Crippen LogP contribution in [0.3, 0.4) is 0 Å². The molecular formula is C27H31ClF2N6O3. The second kappa shape index (κ2) is 11.7. The largest absolute Gasteiger partial charge is 0.497 e. The Labute approximate surface area is 231 Å². The van der Waals surface area contributed by atoms with E-state index in [0.29, 0.717) is 33.9 Å². The average Bonchev–Trinajstić information content (AvgIpc) is 3.50. The maximum atomic E-state index is 13.7. The number of anilines is 2. The summed E-state index contributed by atoms with van der Waals surface area (Å²) in [6, 6.07) is 11.1. The zero-order chi connectivity index (χ0) is 26.9. The van der Waals surface area contributed by atoms with Crippen LogP contribution in [0.1, 0.15) is 6.42 Å². The van der Waals surface area contributed by atoms with E-state index in [9.17, 15) is 13.9 Å². The lowest BCUT2D eigenvalue weighted by Crippen LogP contribution is -2.39. The fourth-order valence-corrected chi connectivity index (χ4v) is 4.70. The van der Waals surface area contributed by atoms with E-state index in [-0.39, 0.29) is 45.0 Å². The van der Waals surface area contributed by atoms with E-state index in [1.54, 1.807) is 42.3 Å². The number of methoxy groups -OCH3 is 2. The summed E-state index contributed by atoms with van der Waals surface area (Å²) >= 11 is 0. The summed E-state index contributed by atoms with van der Waals surface area (Å²) < 4.78 is 40.1. The van der Waals surface area contributed by atoms with Crippen molar-refractivity contribution in [2.75, 3.05) is 45.3 Å². The van der Waals surface area contributed by atoms with Gasteiger partial charge in [-0.15, -0.1) is 12.4 Å². The van der Waals surface area contributed by atoms with Gasteiger partial charge in [0.2, 0.25) is 0 Å². The molecule has 0 saturated carbocycles. The summed E-state index contributed by atoms with van der Waals surface area (Å²) in [6.45, 7) is 0.185. The normalized spacial score (nSPS) is 15.6. The van der Waals surface area contributed by atoms with Crippen LogP contribution < -0.4 is 14.4 Å². The molecule has 1 saturated heterocycles. The molecule has 5 rings (SSSR count). The van der Waals surface area contributed by atoms with Gasteiger partial charge in [0.25, 0.3) is 5.92 Å². The second-order valence-corrected chi connectivity index (χ2v) is 9.51. The molecule has 1 unspecified atom stereocenters. The van der Waals surface area contributed by atoms with E-state index in [2.05, 4.69) is 10.1 Å². The van der Waals surface area contributed by atoms with Crippen LogP contribution in [0.4, 0.5) is 20.2 Å². The number of alkyl halides is 2. The lowest BCUT2D eigenvalue weighted by molar-refractivity contribution is 0.00796. The van der Waals surface area contributed by atoms with Crippen LogP contribution in [0.2, 0.25) is 0 Å². The Bertz CT molecular complexity index is 1410. The van der Waals surface area contributed by atoms with E-state index in [1.807, 2.05) is 48.5 Å². The number of aliphatic hydroxyl groups is 1. The maximum Gasteiger partial charge on any atom is 0.261 e. The van der Waals surface area contributed by atoms with E-state index in [1.165, 1.54) is 0 Å². The lowest BCUT2D eigenvalue weighted by atomic mass is 10.1. The van der Waals surface area contributed by atoms with Gasteiger partial charge in [-0.3, -0.25) is 14.6 Å². The molecule has 39 heavy (non-hydrogen) atoms. The third-order valence-electron chi connectivity index (χ3n) is 6.60. The monoisotopic (exact) mass is 560 g/mol. The molecule has 0 bridgehead atoms. The number of likely N-dealkylation sites (tertiary alicyclic amines) is 1. The highest BCUT2D eigenvalue weighted by atomic mass is 35.5. The minimum absolute atomic E-state index is 0. The quantitative estimate of drug-likeness (QED) is 0.324. The Morgan fingerprint density at radius 3 is 2.41 bits per heavy atom. The van der Waals surface area contributed by atoms with Gasteiger partial charge in [-0.25, -0.2) is 13.8 Å². The zero-order valence-electron chi connectivity index (χ0n) is 21.9. The molecule has 2 aromatic heterocycles. The number of benzene rings is 2. The molecule has 0 amide bonds. The van der Waals surface area contributed by atoms with E-state index in [0.717, 1.165) is 11.3 Å². The number of aryl methyl sites for hydroxylation is 1. The molecule has 208 valence electrons. The maximum absolute atomic E-state index is 13.7. The summed E-state index contributed by atoms with van der Waals surface area (Å²) in [5.41, 5.74) is 4.37. The highest BCUT2D eigenvalue weighted by Gasteiger charge is 2.38. The first-order chi connectivity index (χ1) is 18.2. The molecule has 0 radical (unpaired) electrons.